The average molecular weight is 620 g/mol. The zero-order chi connectivity index (χ0) is 26.8. The van der Waals surface area contributed by atoms with Gasteiger partial charge in [0.2, 0.25) is 0 Å². The molecule has 0 spiro atoms. The lowest BCUT2D eigenvalue weighted by Gasteiger charge is -2.15. The Kier molecular flexibility index (Phi) is 17.2. The Morgan fingerprint density at radius 3 is 1.62 bits per heavy atom. The first-order valence-corrected chi connectivity index (χ1v) is 19.8. The van der Waals surface area contributed by atoms with Gasteiger partial charge in [-0.15, -0.1) is 0 Å². The number of hydrogen-bond donors (Lipinski definition) is 0. The number of halogens is 1. The van der Waals surface area contributed by atoms with Crippen molar-refractivity contribution in [2.75, 3.05) is 13.2 Å². The van der Waals surface area contributed by atoms with Gasteiger partial charge in [-0.05, 0) is 28.0 Å². The number of Topliss-reactive ketones (excluding diaryl/α,β-unsaturated/α-hetero) is 2. The lowest BCUT2D eigenvalue weighted by molar-refractivity contribution is 0.0831. The highest BCUT2D eigenvalue weighted by Crippen LogP contribution is 2.13. The van der Waals surface area contributed by atoms with Crippen molar-refractivity contribution < 1.29 is 23.9 Å². The molecular weight excluding hydrogens is 572 g/mol. The van der Waals surface area contributed by atoms with Crippen LogP contribution in [-0.2, 0) is 22.9 Å². The molecule has 2 aromatic rings. The summed E-state index contributed by atoms with van der Waals surface area (Å²) in [6, 6.07) is 2.20. The summed E-state index contributed by atoms with van der Waals surface area (Å²) in [5, 5.41) is 0. The van der Waals surface area contributed by atoms with Crippen LogP contribution in [0.5, 0.6) is 0 Å². The van der Waals surface area contributed by atoms with E-state index in [9.17, 15) is 14.4 Å². The number of rotatable bonds is 13. The summed E-state index contributed by atoms with van der Waals surface area (Å²) >= 11 is 3.31. The van der Waals surface area contributed by atoms with Crippen LogP contribution >= 0.6 is 15.9 Å². The molecule has 0 fully saturated rings. The largest absolute Gasteiger partial charge is 0.361 e. The van der Waals surface area contributed by atoms with Crippen LogP contribution in [0.4, 0.5) is 0 Å². The van der Waals surface area contributed by atoms with Crippen molar-refractivity contribution in [1.82, 2.24) is 19.1 Å². The molecule has 0 aliphatic heterocycles. The van der Waals surface area contributed by atoms with Gasteiger partial charge in [0.25, 0.3) is 0 Å². The molecule has 12 heteroatoms. The van der Waals surface area contributed by atoms with Crippen LogP contribution in [0.15, 0.2) is 17.1 Å². The molecule has 0 atom stereocenters. The SMILES string of the molecule is C.C.CC(=O)c1cn(COCC[Si](C)(C)C)c(Br)n1.CC(=O)c1cn(COCC[Si](C)(C)C)c(C=O)n1. The fourth-order valence-corrected chi connectivity index (χ4v) is 4.44. The number of aromatic nitrogens is 4. The van der Waals surface area contributed by atoms with E-state index in [2.05, 4.69) is 65.2 Å². The highest BCUT2D eigenvalue weighted by atomic mass is 79.9. The van der Waals surface area contributed by atoms with Crippen molar-refractivity contribution in [2.45, 2.75) is 93.5 Å². The summed E-state index contributed by atoms with van der Waals surface area (Å²) in [7, 11) is -2.14. The Hall–Kier alpha value is -1.74. The third kappa shape index (κ3) is 15.3. The summed E-state index contributed by atoms with van der Waals surface area (Å²) in [4.78, 5) is 41.1. The van der Waals surface area contributed by atoms with Gasteiger partial charge in [-0.2, -0.15) is 0 Å². The first-order chi connectivity index (χ1) is 16.1. The van der Waals surface area contributed by atoms with Gasteiger partial charge >= 0.3 is 0 Å². The smallest absolute Gasteiger partial charge is 0.185 e. The lowest BCUT2D eigenvalue weighted by atomic mass is 10.3. The number of imidazole rings is 2. The number of carbonyl (C=O) groups is 3. The molecule has 2 rings (SSSR count). The van der Waals surface area contributed by atoms with Crippen LogP contribution in [0, 0.1) is 0 Å². The fraction of sp³-hybridized carbons (Fsp3) is 0.640. The lowest BCUT2D eigenvalue weighted by Crippen LogP contribution is -2.22. The molecule has 0 N–H and O–H groups in total. The number of aldehydes is 1. The van der Waals surface area contributed by atoms with E-state index in [1.165, 1.54) is 13.8 Å². The summed E-state index contributed by atoms with van der Waals surface area (Å²) in [5.74, 6) is 0.0405. The standard InChI is InChI=1S/C12H20N2O3Si.C11H19BrN2O2Si.2CH4/c1-10(16)11-7-14(12(8-15)13-11)9-17-5-6-18(2,3)4;1-9(15)10-7-14(11(12)13-10)8-16-5-6-17(2,3)4;;/h7-8H,5-6,9H2,1-4H3;7H,5-6,8H2,1-4H3;2*1H4. The molecule has 9 nitrogen and oxygen atoms in total. The Morgan fingerprint density at radius 1 is 0.838 bits per heavy atom. The Morgan fingerprint density at radius 2 is 1.24 bits per heavy atom. The van der Waals surface area contributed by atoms with Crippen LogP contribution in [0.3, 0.4) is 0 Å². The maximum absolute atomic E-state index is 11.2. The van der Waals surface area contributed by atoms with Gasteiger partial charge in [0.15, 0.2) is 28.4 Å². The van der Waals surface area contributed by atoms with Crippen molar-refractivity contribution in [2.24, 2.45) is 0 Å². The van der Waals surface area contributed by atoms with Gasteiger partial charge in [0.1, 0.15) is 24.8 Å². The number of nitrogens with zero attached hydrogens (tertiary/aromatic N) is 4. The minimum atomic E-state index is -1.10. The normalized spacial score (nSPS) is 11.1. The zero-order valence-electron chi connectivity index (χ0n) is 22.2. The van der Waals surface area contributed by atoms with Gasteiger partial charge in [0, 0.05) is 55.6 Å². The van der Waals surface area contributed by atoms with Crippen molar-refractivity contribution in [1.29, 1.82) is 0 Å². The summed E-state index contributed by atoms with van der Waals surface area (Å²) < 4.78 is 15.1. The number of carbonyl (C=O) groups excluding carboxylic acids is 3. The summed E-state index contributed by atoms with van der Waals surface area (Å²) in [6.07, 6.45) is 3.90. The highest BCUT2D eigenvalue weighted by molar-refractivity contribution is 9.10. The third-order valence-corrected chi connectivity index (χ3v) is 8.86. The molecular formula is C25H47BrN4O5Si2. The Bertz CT molecular complexity index is 994. The second kappa shape index (κ2) is 17.0. The predicted octanol–water partition coefficient (Wildman–Crippen LogP) is 6.64. The minimum Gasteiger partial charge on any atom is -0.361 e. The Balaban J connectivity index is 0. The van der Waals surface area contributed by atoms with Gasteiger partial charge in [-0.1, -0.05) is 54.1 Å². The Labute approximate surface area is 233 Å². The van der Waals surface area contributed by atoms with E-state index in [1.54, 1.807) is 21.5 Å². The van der Waals surface area contributed by atoms with E-state index < -0.39 is 16.1 Å². The van der Waals surface area contributed by atoms with Crippen LogP contribution < -0.4 is 0 Å². The summed E-state index contributed by atoms with van der Waals surface area (Å²) in [5.41, 5.74) is 0.761. The molecule has 0 radical (unpaired) electrons. The van der Waals surface area contributed by atoms with Gasteiger partial charge in [0.05, 0.1) is 0 Å². The van der Waals surface area contributed by atoms with Crippen LogP contribution in [-0.4, -0.2) is 66.3 Å². The van der Waals surface area contributed by atoms with E-state index >= 15 is 0 Å². The van der Waals surface area contributed by atoms with Crippen molar-refractivity contribution >= 4 is 49.9 Å². The summed E-state index contributed by atoms with van der Waals surface area (Å²) in [6.45, 7) is 18.8. The third-order valence-electron chi connectivity index (χ3n) is 4.82. The predicted molar refractivity (Wildman–Crippen MR) is 159 cm³/mol. The number of ether oxygens (including phenoxy) is 2. The maximum atomic E-state index is 11.2. The second-order valence-corrected chi connectivity index (χ2v) is 22.7. The molecule has 0 aromatic carbocycles. The van der Waals surface area contributed by atoms with Crippen LogP contribution in [0.1, 0.15) is 60.3 Å². The van der Waals surface area contributed by atoms with Gasteiger partial charge in [-0.25, -0.2) is 9.97 Å². The molecule has 37 heavy (non-hydrogen) atoms. The monoisotopic (exact) mass is 618 g/mol. The molecule has 0 aliphatic carbocycles. The first kappa shape index (κ1) is 37.4. The maximum Gasteiger partial charge on any atom is 0.185 e. The molecule has 0 saturated heterocycles. The van der Waals surface area contributed by atoms with Crippen LogP contribution in [0.2, 0.25) is 51.4 Å². The minimum absolute atomic E-state index is 0. The van der Waals surface area contributed by atoms with Gasteiger partial charge < -0.3 is 18.6 Å². The fourth-order valence-electron chi connectivity index (χ4n) is 2.53. The zero-order valence-corrected chi connectivity index (χ0v) is 25.8. The molecule has 2 aromatic heterocycles. The van der Waals surface area contributed by atoms with Crippen molar-refractivity contribution in [3.05, 3.63) is 34.3 Å². The molecule has 0 unspecified atom stereocenters. The molecule has 2 heterocycles. The number of hydrogen-bond acceptors (Lipinski definition) is 7. The molecule has 0 amide bonds. The van der Waals surface area contributed by atoms with E-state index in [1.807, 2.05) is 0 Å². The van der Waals surface area contributed by atoms with E-state index in [-0.39, 0.29) is 39.0 Å². The van der Waals surface area contributed by atoms with E-state index in [0.29, 0.717) is 35.7 Å². The number of ketones is 2. The molecule has 0 aliphatic rings. The van der Waals surface area contributed by atoms with Crippen molar-refractivity contribution in [3.8, 4) is 0 Å². The van der Waals surface area contributed by atoms with E-state index in [0.717, 1.165) is 18.7 Å². The molecule has 0 saturated carbocycles. The molecule has 0 bridgehead atoms. The van der Waals surface area contributed by atoms with Crippen molar-refractivity contribution in [3.63, 3.8) is 0 Å². The second-order valence-electron chi connectivity index (χ2n) is 10.7. The van der Waals surface area contributed by atoms with Gasteiger partial charge in [-0.3, -0.25) is 14.4 Å². The highest BCUT2D eigenvalue weighted by Gasteiger charge is 2.14. The topological polar surface area (TPSA) is 105 Å². The average Bonchev–Trinajstić information content (AvgIpc) is 3.31. The quantitative estimate of drug-likeness (QED) is 0.107. The molecule has 212 valence electrons. The van der Waals surface area contributed by atoms with Crippen LogP contribution in [0.25, 0.3) is 0 Å². The first-order valence-electron chi connectivity index (χ1n) is 11.6. The van der Waals surface area contributed by atoms with E-state index in [4.69, 9.17) is 9.47 Å².